The number of ether oxygens (including phenoxy) is 1. The fraction of sp³-hybridized carbons (Fsp3) is 0.526. The zero-order valence-corrected chi connectivity index (χ0v) is 13.7. The highest BCUT2D eigenvalue weighted by atomic mass is 19.1. The first-order valence-electron chi connectivity index (χ1n) is 8.41. The van der Waals surface area contributed by atoms with Crippen LogP contribution in [-0.4, -0.2) is 17.7 Å². The van der Waals surface area contributed by atoms with E-state index < -0.39 is 11.8 Å². The van der Waals surface area contributed by atoms with Gasteiger partial charge in [0.15, 0.2) is 11.6 Å². The Labute approximate surface area is 138 Å². The van der Waals surface area contributed by atoms with E-state index in [-0.39, 0.29) is 11.3 Å². The molecule has 0 radical (unpaired) electrons. The van der Waals surface area contributed by atoms with Gasteiger partial charge in [0.25, 0.3) is 0 Å². The molecular weight excluding hydrogens is 295 g/mol. The first-order valence-corrected chi connectivity index (χ1v) is 8.41. The van der Waals surface area contributed by atoms with Crippen LogP contribution in [0.4, 0.5) is 4.39 Å². The average Bonchev–Trinajstić information content (AvgIpc) is 2.53. The van der Waals surface area contributed by atoms with Crippen LogP contribution in [-0.2, 0) is 0 Å². The monoisotopic (exact) mass is 322 g/mol. The van der Waals surface area contributed by atoms with E-state index in [1.807, 2.05) is 6.08 Å². The number of benzene rings is 1. The lowest BCUT2D eigenvalue weighted by Crippen LogP contribution is -2.02. The van der Waals surface area contributed by atoms with Crippen LogP contribution in [0, 0.1) is 5.82 Å². The lowest BCUT2D eigenvalue weighted by molar-refractivity contribution is 0.0696. The Morgan fingerprint density at radius 3 is 2.26 bits per heavy atom. The van der Waals surface area contributed by atoms with Crippen molar-refractivity contribution >= 4 is 5.97 Å². The van der Waals surface area contributed by atoms with Gasteiger partial charge in [-0.3, -0.25) is 0 Å². The number of carboxylic acids is 1. The molecule has 1 N–H and O–H groups in total. The molecule has 4 heteroatoms. The Morgan fingerprint density at radius 2 is 1.70 bits per heavy atom. The van der Waals surface area contributed by atoms with E-state index in [0.29, 0.717) is 6.61 Å². The summed E-state index contributed by atoms with van der Waals surface area (Å²) in [5.74, 6) is -1.64. The number of hydrogen-bond donors (Lipinski definition) is 1. The van der Waals surface area contributed by atoms with Crippen LogP contribution in [0.2, 0.25) is 0 Å². The van der Waals surface area contributed by atoms with Crippen LogP contribution in [0.5, 0.6) is 5.75 Å². The molecule has 0 heterocycles. The lowest BCUT2D eigenvalue weighted by Gasteiger charge is -2.07. The van der Waals surface area contributed by atoms with Crippen molar-refractivity contribution in [2.75, 3.05) is 6.61 Å². The SMILES string of the molecule is C=CCCCCCCCCCCOc1ccc(C(=O)O)cc1F. The maximum atomic E-state index is 13.6. The Kier molecular flexibility index (Phi) is 9.76. The minimum Gasteiger partial charge on any atom is -0.491 e. The number of rotatable bonds is 13. The van der Waals surface area contributed by atoms with E-state index in [4.69, 9.17) is 9.84 Å². The quantitative estimate of drug-likeness (QED) is 0.380. The van der Waals surface area contributed by atoms with E-state index in [9.17, 15) is 9.18 Å². The normalized spacial score (nSPS) is 10.5. The number of carboxylic acid groups (broad SMARTS) is 1. The van der Waals surface area contributed by atoms with Gasteiger partial charge in [-0.25, -0.2) is 9.18 Å². The molecule has 0 spiro atoms. The molecule has 23 heavy (non-hydrogen) atoms. The molecule has 0 unspecified atom stereocenters. The van der Waals surface area contributed by atoms with Gasteiger partial charge in [-0.1, -0.05) is 44.6 Å². The Balaban J connectivity index is 2.05. The van der Waals surface area contributed by atoms with Gasteiger partial charge in [0.2, 0.25) is 0 Å². The van der Waals surface area contributed by atoms with Gasteiger partial charge in [-0.2, -0.15) is 0 Å². The summed E-state index contributed by atoms with van der Waals surface area (Å²) in [6.07, 6.45) is 12.5. The third kappa shape index (κ3) is 8.38. The predicted molar refractivity (Wildman–Crippen MR) is 90.6 cm³/mol. The van der Waals surface area contributed by atoms with Crippen molar-refractivity contribution in [3.8, 4) is 5.75 Å². The molecule has 0 fully saturated rings. The fourth-order valence-corrected chi connectivity index (χ4v) is 2.38. The third-order valence-corrected chi connectivity index (χ3v) is 3.74. The third-order valence-electron chi connectivity index (χ3n) is 3.74. The zero-order valence-electron chi connectivity index (χ0n) is 13.7. The zero-order chi connectivity index (χ0) is 16.9. The number of aromatic carboxylic acids is 1. The number of carbonyl (C=O) groups is 1. The molecule has 1 rings (SSSR count). The number of unbranched alkanes of at least 4 members (excludes halogenated alkanes) is 8. The molecule has 0 aromatic heterocycles. The maximum absolute atomic E-state index is 13.6. The first-order chi connectivity index (χ1) is 11.1. The van der Waals surface area contributed by atoms with Crippen molar-refractivity contribution in [2.45, 2.75) is 57.8 Å². The fourth-order valence-electron chi connectivity index (χ4n) is 2.38. The highest BCUT2D eigenvalue weighted by molar-refractivity contribution is 5.87. The van der Waals surface area contributed by atoms with Crippen LogP contribution in [0.15, 0.2) is 30.9 Å². The van der Waals surface area contributed by atoms with Crippen LogP contribution in [0.3, 0.4) is 0 Å². The van der Waals surface area contributed by atoms with Gasteiger partial charge in [0, 0.05) is 0 Å². The van der Waals surface area contributed by atoms with E-state index in [2.05, 4.69) is 6.58 Å². The largest absolute Gasteiger partial charge is 0.491 e. The maximum Gasteiger partial charge on any atom is 0.335 e. The highest BCUT2D eigenvalue weighted by Crippen LogP contribution is 2.19. The standard InChI is InChI=1S/C19H27FO3/c1-2-3-4-5-6-7-8-9-10-11-14-23-18-13-12-16(19(21)22)15-17(18)20/h2,12-13,15H,1,3-11,14H2,(H,21,22). The summed E-state index contributed by atoms with van der Waals surface area (Å²) in [7, 11) is 0. The summed E-state index contributed by atoms with van der Waals surface area (Å²) in [6.45, 7) is 4.18. The van der Waals surface area contributed by atoms with E-state index in [1.165, 1.54) is 50.7 Å². The summed E-state index contributed by atoms with van der Waals surface area (Å²) >= 11 is 0. The summed E-state index contributed by atoms with van der Waals surface area (Å²) in [4.78, 5) is 10.7. The van der Waals surface area contributed by atoms with Crippen molar-refractivity contribution in [1.82, 2.24) is 0 Å². The van der Waals surface area contributed by atoms with Crippen LogP contribution >= 0.6 is 0 Å². The molecule has 0 saturated carbocycles. The molecule has 0 aliphatic heterocycles. The lowest BCUT2D eigenvalue weighted by atomic mass is 10.1. The van der Waals surface area contributed by atoms with Gasteiger partial charge < -0.3 is 9.84 Å². The van der Waals surface area contributed by atoms with Crippen molar-refractivity contribution in [2.24, 2.45) is 0 Å². The topological polar surface area (TPSA) is 46.5 Å². The minimum atomic E-state index is -1.14. The van der Waals surface area contributed by atoms with Gasteiger partial charge in [0.05, 0.1) is 12.2 Å². The predicted octanol–water partition coefficient (Wildman–Crippen LogP) is 5.60. The molecule has 0 amide bonds. The smallest absolute Gasteiger partial charge is 0.335 e. The number of allylic oxidation sites excluding steroid dienone is 1. The van der Waals surface area contributed by atoms with Crippen molar-refractivity contribution in [3.63, 3.8) is 0 Å². The molecule has 0 saturated heterocycles. The van der Waals surface area contributed by atoms with Crippen LogP contribution in [0.25, 0.3) is 0 Å². The summed E-state index contributed by atoms with van der Waals surface area (Å²) in [5.41, 5.74) is -0.0667. The van der Waals surface area contributed by atoms with E-state index in [0.717, 1.165) is 25.3 Å². The molecule has 0 atom stereocenters. The molecular formula is C19H27FO3. The number of halogens is 1. The van der Waals surface area contributed by atoms with Crippen molar-refractivity contribution < 1.29 is 19.0 Å². The van der Waals surface area contributed by atoms with Gasteiger partial charge in [-0.05, 0) is 37.5 Å². The molecule has 1 aromatic carbocycles. The second-order valence-corrected chi connectivity index (χ2v) is 5.70. The van der Waals surface area contributed by atoms with E-state index in [1.54, 1.807) is 0 Å². The first kappa shape index (κ1) is 19.2. The molecule has 0 aliphatic rings. The molecule has 3 nitrogen and oxygen atoms in total. The van der Waals surface area contributed by atoms with Gasteiger partial charge in [-0.15, -0.1) is 6.58 Å². The minimum absolute atomic E-state index is 0.0667. The molecule has 0 aliphatic carbocycles. The molecule has 1 aromatic rings. The number of hydrogen-bond acceptors (Lipinski definition) is 2. The molecule has 128 valence electrons. The van der Waals surface area contributed by atoms with E-state index >= 15 is 0 Å². The summed E-state index contributed by atoms with van der Waals surface area (Å²) < 4.78 is 19.0. The summed E-state index contributed by atoms with van der Waals surface area (Å²) in [5, 5.41) is 8.77. The second kappa shape index (κ2) is 11.7. The average molecular weight is 322 g/mol. The van der Waals surface area contributed by atoms with Crippen LogP contribution in [0.1, 0.15) is 68.1 Å². The highest BCUT2D eigenvalue weighted by Gasteiger charge is 2.08. The van der Waals surface area contributed by atoms with Crippen LogP contribution < -0.4 is 4.74 Å². The van der Waals surface area contributed by atoms with Gasteiger partial charge >= 0.3 is 5.97 Å². The second-order valence-electron chi connectivity index (χ2n) is 5.70. The Hall–Kier alpha value is -1.84. The Bertz CT molecular complexity index is 486. The summed E-state index contributed by atoms with van der Waals surface area (Å²) in [6, 6.07) is 3.72. The van der Waals surface area contributed by atoms with Gasteiger partial charge in [0.1, 0.15) is 0 Å². The van der Waals surface area contributed by atoms with Crippen molar-refractivity contribution in [1.29, 1.82) is 0 Å². The molecule has 0 bridgehead atoms. The Morgan fingerprint density at radius 1 is 1.09 bits per heavy atom. The van der Waals surface area contributed by atoms with Crippen molar-refractivity contribution in [3.05, 3.63) is 42.2 Å².